The highest BCUT2D eigenvalue weighted by Gasteiger charge is 2.23. The molecule has 3 N–H and O–H groups in total. The zero-order chi connectivity index (χ0) is 14.8. The van der Waals surface area contributed by atoms with E-state index >= 15 is 0 Å². The van der Waals surface area contributed by atoms with Crippen molar-refractivity contribution in [3.8, 4) is 11.3 Å². The number of carbonyl (C=O) groups is 1. The summed E-state index contributed by atoms with van der Waals surface area (Å²) in [6.45, 7) is 1.41. The van der Waals surface area contributed by atoms with E-state index in [4.69, 9.17) is 17.3 Å². The van der Waals surface area contributed by atoms with E-state index in [2.05, 4.69) is 10.2 Å². The highest BCUT2D eigenvalue weighted by Crippen LogP contribution is 2.21. The highest BCUT2D eigenvalue weighted by molar-refractivity contribution is 6.30. The first-order chi connectivity index (χ1) is 10.1. The number of nitrogens with two attached hydrogens (primary N) is 1. The standard InChI is InChI=1S/C15H17ClN4O/c16-11-3-1-10(2-4-11)13-9-14(19-18-13)15(21)20-7-5-12(17)6-8-20/h1-4,9,12H,5-8,17H2,(H,18,19). The molecule has 1 aliphatic rings. The maximum absolute atomic E-state index is 12.4. The van der Waals surface area contributed by atoms with E-state index in [1.165, 1.54) is 0 Å². The second-order valence-corrected chi connectivity index (χ2v) is 5.74. The molecule has 1 saturated heterocycles. The smallest absolute Gasteiger partial charge is 0.271 e. The number of halogens is 1. The third-order valence-electron chi connectivity index (χ3n) is 3.78. The second-order valence-electron chi connectivity index (χ2n) is 5.30. The van der Waals surface area contributed by atoms with Crippen molar-refractivity contribution < 1.29 is 4.79 Å². The minimum atomic E-state index is -0.0189. The Morgan fingerprint density at radius 1 is 1.29 bits per heavy atom. The van der Waals surface area contributed by atoms with Gasteiger partial charge in [0, 0.05) is 29.7 Å². The quantitative estimate of drug-likeness (QED) is 0.894. The lowest BCUT2D eigenvalue weighted by Gasteiger charge is -2.29. The molecule has 1 aromatic carbocycles. The number of carbonyl (C=O) groups excluding carboxylic acids is 1. The van der Waals surface area contributed by atoms with E-state index in [0.717, 1.165) is 24.1 Å². The molecule has 6 heteroatoms. The second kappa shape index (κ2) is 5.87. The summed E-state index contributed by atoms with van der Waals surface area (Å²) in [5.41, 5.74) is 8.03. The van der Waals surface area contributed by atoms with Gasteiger partial charge in [-0.2, -0.15) is 5.10 Å². The zero-order valence-electron chi connectivity index (χ0n) is 11.6. The molecule has 1 amide bonds. The fourth-order valence-electron chi connectivity index (χ4n) is 2.47. The number of likely N-dealkylation sites (tertiary alicyclic amines) is 1. The fraction of sp³-hybridized carbons (Fsp3) is 0.333. The average Bonchev–Trinajstić information content (AvgIpc) is 2.98. The number of piperidine rings is 1. The van der Waals surface area contributed by atoms with Crippen LogP contribution in [0.5, 0.6) is 0 Å². The SMILES string of the molecule is NC1CCN(C(=O)c2cc(-c3ccc(Cl)cc3)n[nH]2)CC1. The first-order valence-electron chi connectivity index (χ1n) is 6.99. The number of nitrogens with one attached hydrogen (secondary N) is 1. The van der Waals surface area contributed by atoms with Crippen LogP contribution < -0.4 is 5.73 Å². The van der Waals surface area contributed by atoms with Gasteiger partial charge in [0.05, 0.1) is 5.69 Å². The number of H-pyrrole nitrogens is 1. The van der Waals surface area contributed by atoms with E-state index in [0.29, 0.717) is 23.8 Å². The van der Waals surface area contributed by atoms with Crippen molar-refractivity contribution in [2.24, 2.45) is 5.73 Å². The summed E-state index contributed by atoms with van der Waals surface area (Å²) in [6.07, 6.45) is 1.70. The van der Waals surface area contributed by atoms with Gasteiger partial charge in [0.2, 0.25) is 0 Å². The van der Waals surface area contributed by atoms with E-state index in [9.17, 15) is 4.79 Å². The molecule has 2 aromatic rings. The Hall–Kier alpha value is -1.85. The number of aromatic amines is 1. The van der Waals surface area contributed by atoms with Crippen LogP contribution in [0.3, 0.4) is 0 Å². The molecule has 1 aliphatic heterocycles. The van der Waals surface area contributed by atoms with Crippen molar-refractivity contribution in [2.45, 2.75) is 18.9 Å². The minimum absolute atomic E-state index is 0.0189. The molecule has 0 atom stereocenters. The summed E-state index contributed by atoms with van der Waals surface area (Å²) >= 11 is 5.87. The Kier molecular flexibility index (Phi) is 3.94. The summed E-state index contributed by atoms with van der Waals surface area (Å²) in [4.78, 5) is 14.2. The molecule has 0 aliphatic carbocycles. The van der Waals surface area contributed by atoms with E-state index in [-0.39, 0.29) is 11.9 Å². The third-order valence-corrected chi connectivity index (χ3v) is 4.03. The van der Waals surface area contributed by atoms with Crippen LogP contribution in [-0.2, 0) is 0 Å². The predicted octanol–water partition coefficient (Wildman–Crippen LogP) is 2.29. The lowest BCUT2D eigenvalue weighted by Crippen LogP contribution is -2.42. The molecule has 0 radical (unpaired) electrons. The zero-order valence-corrected chi connectivity index (χ0v) is 12.3. The molecular formula is C15H17ClN4O. The minimum Gasteiger partial charge on any atom is -0.337 e. The Morgan fingerprint density at radius 3 is 2.62 bits per heavy atom. The molecular weight excluding hydrogens is 288 g/mol. The van der Waals surface area contributed by atoms with Gasteiger partial charge in [0.1, 0.15) is 5.69 Å². The molecule has 5 nitrogen and oxygen atoms in total. The molecule has 0 spiro atoms. The van der Waals surface area contributed by atoms with Crippen molar-refractivity contribution in [2.75, 3.05) is 13.1 Å². The normalized spacial score (nSPS) is 16.2. The van der Waals surface area contributed by atoms with Crippen molar-refractivity contribution >= 4 is 17.5 Å². The monoisotopic (exact) mass is 304 g/mol. The maximum atomic E-state index is 12.4. The van der Waals surface area contributed by atoms with Gasteiger partial charge in [-0.1, -0.05) is 23.7 Å². The Bertz CT molecular complexity index is 629. The molecule has 1 aromatic heterocycles. The van der Waals surface area contributed by atoms with Gasteiger partial charge in [-0.3, -0.25) is 9.89 Å². The predicted molar refractivity (Wildman–Crippen MR) is 82.1 cm³/mol. The van der Waals surface area contributed by atoms with E-state index in [1.54, 1.807) is 18.2 Å². The molecule has 3 rings (SSSR count). The van der Waals surface area contributed by atoms with Crippen LogP contribution in [0.2, 0.25) is 5.02 Å². The van der Waals surface area contributed by atoms with Crippen LogP contribution in [0.25, 0.3) is 11.3 Å². The molecule has 0 unspecified atom stereocenters. The number of nitrogens with zero attached hydrogens (tertiary/aromatic N) is 2. The lowest BCUT2D eigenvalue weighted by atomic mass is 10.1. The van der Waals surface area contributed by atoms with Crippen LogP contribution in [0.1, 0.15) is 23.3 Å². The van der Waals surface area contributed by atoms with Gasteiger partial charge in [0.15, 0.2) is 0 Å². The van der Waals surface area contributed by atoms with Gasteiger partial charge in [-0.05, 0) is 31.0 Å². The molecule has 0 saturated carbocycles. The average molecular weight is 305 g/mol. The van der Waals surface area contributed by atoms with E-state index in [1.807, 2.05) is 17.0 Å². The summed E-state index contributed by atoms with van der Waals surface area (Å²) in [6, 6.07) is 9.36. The third kappa shape index (κ3) is 3.09. The summed E-state index contributed by atoms with van der Waals surface area (Å²) < 4.78 is 0. The van der Waals surface area contributed by atoms with Crippen LogP contribution in [-0.4, -0.2) is 40.1 Å². The first kappa shape index (κ1) is 14.1. The Balaban J connectivity index is 1.75. The van der Waals surface area contributed by atoms with Crippen molar-refractivity contribution in [3.63, 3.8) is 0 Å². The maximum Gasteiger partial charge on any atom is 0.271 e. The Morgan fingerprint density at radius 2 is 1.95 bits per heavy atom. The first-order valence-corrected chi connectivity index (χ1v) is 7.37. The molecule has 0 bridgehead atoms. The van der Waals surface area contributed by atoms with Gasteiger partial charge in [-0.25, -0.2) is 0 Å². The Labute approximate surface area is 128 Å². The summed E-state index contributed by atoms with van der Waals surface area (Å²) in [5, 5.41) is 7.70. The number of benzene rings is 1. The number of hydrogen-bond donors (Lipinski definition) is 2. The number of rotatable bonds is 2. The van der Waals surface area contributed by atoms with Crippen LogP contribution >= 0.6 is 11.6 Å². The number of amides is 1. The largest absolute Gasteiger partial charge is 0.337 e. The molecule has 110 valence electrons. The summed E-state index contributed by atoms with van der Waals surface area (Å²) in [5.74, 6) is -0.0189. The van der Waals surface area contributed by atoms with Gasteiger partial charge in [0.25, 0.3) is 5.91 Å². The number of hydrogen-bond acceptors (Lipinski definition) is 3. The molecule has 21 heavy (non-hydrogen) atoms. The molecule has 1 fully saturated rings. The van der Waals surface area contributed by atoms with Crippen molar-refractivity contribution in [1.82, 2.24) is 15.1 Å². The van der Waals surface area contributed by atoms with Crippen LogP contribution in [0.15, 0.2) is 30.3 Å². The topological polar surface area (TPSA) is 75.0 Å². The van der Waals surface area contributed by atoms with Gasteiger partial charge in [-0.15, -0.1) is 0 Å². The highest BCUT2D eigenvalue weighted by atomic mass is 35.5. The van der Waals surface area contributed by atoms with Crippen molar-refractivity contribution in [1.29, 1.82) is 0 Å². The van der Waals surface area contributed by atoms with Crippen LogP contribution in [0, 0.1) is 0 Å². The molecule has 2 heterocycles. The van der Waals surface area contributed by atoms with Gasteiger partial charge >= 0.3 is 0 Å². The fourth-order valence-corrected chi connectivity index (χ4v) is 2.60. The van der Waals surface area contributed by atoms with Crippen LogP contribution in [0.4, 0.5) is 0 Å². The van der Waals surface area contributed by atoms with E-state index < -0.39 is 0 Å². The van der Waals surface area contributed by atoms with Gasteiger partial charge < -0.3 is 10.6 Å². The van der Waals surface area contributed by atoms with Crippen molar-refractivity contribution in [3.05, 3.63) is 41.0 Å². The summed E-state index contributed by atoms with van der Waals surface area (Å²) in [7, 11) is 0. The number of aromatic nitrogens is 2. The lowest BCUT2D eigenvalue weighted by molar-refractivity contribution is 0.0709.